The molecule has 0 saturated heterocycles. The third-order valence-electron chi connectivity index (χ3n) is 7.40. The van der Waals surface area contributed by atoms with E-state index in [4.69, 9.17) is 4.74 Å². The quantitative estimate of drug-likeness (QED) is 0.236. The molecule has 7 heteroatoms. The van der Waals surface area contributed by atoms with Crippen molar-refractivity contribution in [2.75, 3.05) is 11.9 Å². The summed E-state index contributed by atoms with van der Waals surface area (Å²) in [5.41, 5.74) is 4.72. The van der Waals surface area contributed by atoms with Crippen molar-refractivity contribution in [3.8, 4) is 0 Å². The average molecular weight is 580 g/mol. The zero-order chi connectivity index (χ0) is 31.6. The zero-order valence-corrected chi connectivity index (χ0v) is 27.5. The summed E-state index contributed by atoms with van der Waals surface area (Å²) in [7, 11) is 0. The van der Waals surface area contributed by atoms with Gasteiger partial charge in [0.15, 0.2) is 0 Å². The summed E-state index contributed by atoms with van der Waals surface area (Å²) in [5.74, 6) is -0.803. The van der Waals surface area contributed by atoms with E-state index in [1.54, 1.807) is 25.7 Å². The molecule has 0 aliphatic carbocycles. The third-order valence-corrected chi connectivity index (χ3v) is 7.40. The van der Waals surface area contributed by atoms with Crippen LogP contribution in [0.1, 0.15) is 108 Å². The summed E-state index contributed by atoms with van der Waals surface area (Å²) in [6.07, 6.45) is 4.34. The molecular formula is C35H53N3O4. The molecule has 2 unspecified atom stereocenters. The standard InChI is InChI=1S/C35H53N3O4/c1-11-12-13-14-15-21-38(33(40)29(23(2)3)37-34(41)42-35(8,9)10)31(28-20-19-24(4)22-27(28)7)32(39)36-30-25(5)17-16-18-26(30)6/h16-20,22-23,29,31H,11-15,21H2,1-10H3,(H,36,39)(H,37,41). The smallest absolute Gasteiger partial charge is 0.408 e. The maximum Gasteiger partial charge on any atom is 0.408 e. The number of benzene rings is 2. The van der Waals surface area contributed by atoms with Gasteiger partial charge in [-0.05, 0) is 83.1 Å². The lowest BCUT2D eigenvalue weighted by atomic mass is 9.94. The fourth-order valence-corrected chi connectivity index (χ4v) is 5.17. The van der Waals surface area contributed by atoms with Crippen LogP contribution in [-0.4, -0.2) is 41.0 Å². The number of ether oxygens (including phenoxy) is 1. The predicted molar refractivity (Wildman–Crippen MR) is 172 cm³/mol. The molecule has 0 aliphatic heterocycles. The minimum Gasteiger partial charge on any atom is -0.444 e. The molecular weight excluding hydrogens is 526 g/mol. The molecule has 0 bridgehead atoms. The molecule has 0 heterocycles. The van der Waals surface area contributed by atoms with Crippen molar-refractivity contribution in [2.45, 2.75) is 119 Å². The zero-order valence-electron chi connectivity index (χ0n) is 27.5. The minimum absolute atomic E-state index is 0.228. The fraction of sp³-hybridized carbons (Fsp3) is 0.571. The minimum atomic E-state index is -0.884. The van der Waals surface area contributed by atoms with Gasteiger partial charge in [0.05, 0.1) is 0 Å². The average Bonchev–Trinajstić information content (AvgIpc) is 2.88. The van der Waals surface area contributed by atoms with Crippen LogP contribution in [-0.2, 0) is 14.3 Å². The monoisotopic (exact) mass is 579 g/mol. The molecule has 2 rings (SSSR count). The molecule has 0 spiro atoms. The van der Waals surface area contributed by atoms with Crippen LogP contribution < -0.4 is 10.6 Å². The molecule has 42 heavy (non-hydrogen) atoms. The van der Waals surface area contributed by atoms with E-state index in [0.717, 1.165) is 65.6 Å². The van der Waals surface area contributed by atoms with Crippen LogP contribution in [0.4, 0.5) is 10.5 Å². The van der Waals surface area contributed by atoms with Crippen LogP contribution >= 0.6 is 0 Å². The normalized spacial score (nSPS) is 12.9. The van der Waals surface area contributed by atoms with Gasteiger partial charge in [-0.2, -0.15) is 0 Å². The van der Waals surface area contributed by atoms with Crippen molar-refractivity contribution < 1.29 is 19.1 Å². The van der Waals surface area contributed by atoms with Crippen molar-refractivity contribution in [3.05, 3.63) is 64.2 Å². The summed E-state index contributed by atoms with van der Waals surface area (Å²) in [6, 6.07) is 10.1. The Morgan fingerprint density at radius 3 is 2.05 bits per heavy atom. The Morgan fingerprint density at radius 2 is 1.50 bits per heavy atom. The first-order chi connectivity index (χ1) is 19.7. The van der Waals surface area contributed by atoms with Crippen molar-refractivity contribution in [2.24, 2.45) is 5.92 Å². The molecule has 2 aromatic carbocycles. The van der Waals surface area contributed by atoms with Crippen molar-refractivity contribution in [1.82, 2.24) is 10.2 Å². The molecule has 232 valence electrons. The van der Waals surface area contributed by atoms with Gasteiger partial charge in [0, 0.05) is 12.2 Å². The Hall–Kier alpha value is -3.35. The molecule has 0 fully saturated rings. The van der Waals surface area contributed by atoms with E-state index < -0.39 is 23.8 Å². The number of para-hydroxylation sites is 1. The Morgan fingerprint density at radius 1 is 0.881 bits per heavy atom. The van der Waals surface area contributed by atoms with Gasteiger partial charge >= 0.3 is 6.09 Å². The number of nitrogens with one attached hydrogen (secondary N) is 2. The van der Waals surface area contributed by atoms with Gasteiger partial charge < -0.3 is 20.3 Å². The van der Waals surface area contributed by atoms with Crippen LogP contribution in [0, 0.1) is 33.6 Å². The lowest BCUT2D eigenvalue weighted by Gasteiger charge is -2.36. The van der Waals surface area contributed by atoms with Gasteiger partial charge in [0.1, 0.15) is 17.7 Å². The van der Waals surface area contributed by atoms with Crippen LogP contribution in [0.15, 0.2) is 36.4 Å². The number of amides is 3. The molecule has 2 aromatic rings. The van der Waals surface area contributed by atoms with Gasteiger partial charge in [-0.15, -0.1) is 0 Å². The van der Waals surface area contributed by atoms with Gasteiger partial charge in [-0.3, -0.25) is 9.59 Å². The highest BCUT2D eigenvalue weighted by molar-refractivity contribution is 6.00. The van der Waals surface area contributed by atoms with E-state index in [9.17, 15) is 14.4 Å². The van der Waals surface area contributed by atoms with Crippen LogP contribution in [0.3, 0.4) is 0 Å². The number of rotatable bonds is 13. The number of nitrogens with zero attached hydrogens (tertiary/aromatic N) is 1. The van der Waals surface area contributed by atoms with E-state index in [2.05, 4.69) is 17.6 Å². The van der Waals surface area contributed by atoms with E-state index in [-0.39, 0.29) is 17.7 Å². The summed E-state index contributed by atoms with van der Waals surface area (Å²) in [4.78, 5) is 43.3. The molecule has 0 saturated carbocycles. The highest BCUT2D eigenvalue weighted by Crippen LogP contribution is 2.30. The SMILES string of the molecule is CCCCCCCN(C(=O)C(NC(=O)OC(C)(C)C)C(C)C)C(C(=O)Nc1c(C)cccc1C)c1ccc(C)cc1C. The second kappa shape index (κ2) is 15.8. The van der Waals surface area contributed by atoms with E-state index in [1.165, 1.54) is 0 Å². The maximum atomic E-state index is 14.5. The Balaban J connectivity index is 2.61. The number of alkyl carbamates (subject to hydrolysis) is 1. The Kier molecular flexibility index (Phi) is 13.1. The van der Waals surface area contributed by atoms with Crippen molar-refractivity contribution in [1.29, 1.82) is 0 Å². The summed E-state index contributed by atoms with van der Waals surface area (Å²) >= 11 is 0. The molecule has 0 aromatic heterocycles. The first kappa shape index (κ1) is 34.8. The lowest BCUT2D eigenvalue weighted by molar-refractivity contribution is -0.141. The van der Waals surface area contributed by atoms with Gasteiger partial charge in [-0.25, -0.2) is 4.79 Å². The first-order valence-corrected chi connectivity index (χ1v) is 15.4. The van der Waals surface area contributed by atoms with Gasteiger partial charge in [-0.1, -0.05) is 88.4 Å². The fourth-order valence-electron chi connectivity index (χ4n) is 5.17. The highest BCUT2D eigenvalue weighted by Gasteiger charge is 2.38. The first-order valence-electron chi connectivity index (χ1n) is 15.4. The lowest BCUT2D eigenvalue weighted by Crippen LogP contribution is -2.54. The highest BCUT2D eigenvalue weighted by atomic mass is 16.6. The molecule has 0 aliphatic rings. The molecule has 3 amide bonds. The number of carbonyl (C=O) groups is 3. The van der Waals surface area contributed by atoms with E-state index in [1.807, 2.05) is 77.9 Å². The van der Waals surface area contributed by atoms with Gasteiger partial charge in [0.2, 0.25) is 5.91 Å². The number of aryl methyl sites for hydroxylation is 4. The number of hydrogen-bond donors (Lipinski definition) is 2. The third kappa shape index (κ3) is 10.2. The summed E-state index contributed by atoms with van der Waals surface area (Å²) < 4.78 is 5.50. The van der Waals surface area contributed by atoms with Crippen LogP contribution in [0.25, 0.3) is 0 Å². The van der Waals surface area contributed by atoms with Gasteiger partial charge in [0.25, 0.3) is 5.91 Å². The van der Waals surface area contributed by atoms with E-state index >= 15 is 0 Å². The van der Waals surface area contributed by atoms with Crippen molar-refractivity contribution >= 4 is 23.6 Å². The topological polar surface area (TPSA) is 87.7 Å². The Bertz CT molecular complexity index is 1190. The number of anilines is 1. The molecule has 0 radical (unpaired) electrons. The van der Waals surface area contributed by atoms with Crippen LogP contribution in [0.2, 0.25) is 0 Å². The second-order valence-electron chi connectivity index (χ2n) is 12.8. The maximum absolute atomic E-state index is 14.5. The van der Waals surface area contributed by atoms with E-state index in [0.29, 0.717) is 6.54 Å². The summed E-state index contributed by atoms with van der Waals surface area (Å²) in [5, 5.41) is 5.98. The molecule has 2 atom stereocenters. The summed E-state index contributed by atoms with van der Waals surface area (Å²) in [6.45, 7) is 19.6. The molecule has 7 nitrogen and oxygen atoms in total. The second-order valence-corrected chi connectivity index (χ2v) is 12.8. The predicted octanol–water partition coefficient (Wildman–Crippen LogP) is 7.95. The van der Waals surface area contributed by atoms with Crippen molar-refractivity contribution in [3.63, 3.8) is 0 Å². The number of hydrogen-bond acceptors (Lipinski definition) is 4. The largest absolute Gasteiger partial charge is 0.444 e. The number of carbonyl (C=O) groups excluding carboxylic acids is 3. The molecule has 2 N–H and O–H groups in total. The number of unbranched alkanes of at least 4 members (excludes halogenated alkanes) is 4. The Labute approximate surface area is 253 Å². The van der Waals surface area contributed by atoms with Crippen LogP contribution in [0.5, 0.6) is 0 Å².